The Bertz CT molecular complexity index is 570. The van der Waals surface area contributed by atoms with Gasteiger partial charge in [0, 0.05) is 58.0 Å². The Morgan fingerprint density at radius 3 is 2.21 bits per heavy atom. The van der Waals surface area contributed by atoms with Crippen LogP contribution in [0.4, 0.5) is 4.79 Å². The zero-order chi connectivity index (χ0) is 20.6. The molecular formula is C19H38N4O4S. The summed E-state index contributed by atoms with van der Waals surface area (Å²) in [4.78, 5) is 14.5. The summed E-state index contributed by atoms with van der Waals surface area (Å²) in [7, 11) is -3.11. The van der Waals surface area contributed by atoms with Crippen molar-refractivity contribution in [3.05, 3.63) is 0 Å². The summed E-state index contributed by atoms with van der Waals surface area (Å²) in [6.45, 7) is 9.04. The van der Waals surface area contributed by atoms with Crippen LogP contribution in [-0.2, 0) is 14.8 Å². The molecule has 8 nitrogen and oxygen atoms in total. The fraction of sp³-hybridized carbons (Fsp3) is 0.947. The van der Waals surface area contributed by atoms with E-state index in [9.17, 15) is 13.2 Å². The second kappa shape index (κ2) is 11.3. The van der Waals surface area contributed by atoms with Crippen LogP contribution in [0.5, 0.6) is 0 Å². The Labute approximate surface area is 170 Å². The molecule has 0 atom stereocenters. The fourth-order valence-electron chi connectivity index (χ4n) is 4.02. The van der Waals surface area contributed by atoms with Crippen molar-refractivity contribution in [2.45, 2.75) is 58.0 Å². The minimum absolute atomic E-state index is 0.112. The van der Waals surface area contributed by atoms with Gasteiger partial charge in [-0.15, -0.1) is 0 Å². The molecule has 2 amide bonds. The first-order valence-corrected chi connectivity index (χ1v) is 12.4. The van der Waals surface area contributed by atoms with E-state index in [2.05, 4.69) is 29.4 Å². The van der Waals surface area contributed by atoms with E-state index in [0.717, 1.165) is 51.9 Å². The minimum Gasteiger partial charge on any atom is -0.381 e. The molecule has 2 fully saturated rings. The van der Waals surface area contributed by atoms with Crippen molar-refractivity contribution in [3.63, 3.8) is 0 Å². The van der Waals surface area contributed by atoms with Gasteiger partial charge in [0.05, 0.1) is 6.26 Å². The van der Waals surface area contributed by atoms with Crippen LogP contribution < -0.4 is 10.6 Å². The summed E-state index contributed by atoms with van der Waals surface area (Å²) in [6, 6.07) is 0.681. The number of hydrogen-bond donors (Lipinski definition) is 2. The van der Waals surface area contributed by atoms with Gasteiger partial charge >= 0.3 is 6.03 Å². The Hall–Kier alpha value is -0.900. The predicted octanol–water partition coefficient (Wildman–Crippen LogP) is 1.24. The molecule has 2 rings (SSSR count). The fourth-order valence-corrected chi connectivity index (χ4v) is 4.90. The molecule has 0 unspecified atom stereocenters. The maximum Gasteiger partial charge on any atom is 0.314 e. The molecule has 2 aliphatic rings. The molecule has 2 heterocycles. The van der Waals surface area contributed by atoms with E-state index in [-0.39, 0.29) is 6.03 Å². The van der Waals surface area contributed by atoms with Gasteiger partial charge in [-0.2, -0.15) is 0 Å². The van der Waals surface area contributed by atoms with E-state index in [1.807, 2.05) is 0 Å². The zero-order valence-electron chi connectivity index (χ0n) is 17.7. The third-order valence-corrected chi connectivity index (χ3v) is 6.99. The standard InChI is InChI=1S/C19H38N4O4S/c1-16(2)4-9-20-19(24)21-10-13-23(18-7-14-27-15-8-18)17-5-11-22(12-6-17)28(3,25)26/h16-18H,4-15H2,1-3H3,(H2,20,21,24). The number of carbonyl (C=O) groups excluding carboxylic acids is 1. The van der Waals surface area contributed by atoms with E-state index < -0.39 is 10.0 Å². The van der Waals surface area contributed by atoms with Crippen LogP contribution in [0, 0.1) is 5.92 Å². The molecule has 28 heavy (non-hydrogen) atoms. The highest BCUT2D eigenvalue weighted by Crippen LogP contribution is 2.24. The monoisotopic (exact) mass is 418 g/mol. The van der Waals surface area contributed by atoms with Crippen molar-refractivity contribution < 1.29 is 17.9 Å². The van der Waals surface area contributed by atoms with Crippen LogP contribution in [0.2, 0.25) is 0 Å². The lowest BCUT2D eigenvalue weighted by molar-refractivity contribution is 0.00774. The highest BCUT2D eigenvalue weighted by atomic mass is 32.2. The number of carbonyl (C=O) groups is 1. The Kier molecular flexibility index (Phi) is 9.46. The molecule has 2 aliphatic heterocycles. The van der Waals surface area contributed by atoms with Gasteiger partial charge in [-0.1, -0.05) is 13.8 Å². The molecule has 2 saturated heterocycles. The number of amides is 2. The summed E-state index contributed by atoms with van der Waals surface area (Å²) < 4.78 is 30.6. The number of sulfonamides is 1. The van der Waals surface area contributed by atoms with Gasteiger partial charge in [0.15, 0.2) is 0 Å². The zero-order valence-corrected chi connectivity index (χ0v) is 18.5. The molecule has 0 aromatic rings. The molecule has 0 aromatic carbocycles. The van der Waals surface area contributed by atoms with Gasteiger partial charge in [-0.3, -0.25) is 4.90 Å². The lowest BCUT2D eigenvalue weighted by Crippen LogP contribution is -2.53. The first-order valence-electron chi connectivity index (χ1n) is 10.6. The van der Waals surface area contributed by atoms with Gasteiger partial charge in [0.1, 0.15) is 0 Å². The molecule has 0 aliphatic carbocycles. The number of rotatable bonds is 9. The van der Waals surface area contributed by atoms with Crippen molar-refractivity contribution in [1.82, 2.24) is 19.8 Å². The number of ether oxygens (including phenoxy) is 1. The van der Waals surface area contributed by atoms with Crippen LogP contribution in [0.3, 0.4) is 0 Å². The lowest BCUT2D eigenvalue weighted by atomic mass is 9.99. The third-order valence-electron chi connectivity index (χ3n) is 5.68. The van der Waals surface area contributed by atoms with Crippen LogP contribution >= 0.6 is 0 Å². The molecule has 0 aromatic heterocycles. The van der Waals surface area contributed by atoms with Gasteiger partial charge in [-0.05, 0) is 38.0 Å². The molecule has 0 spiro atoms. The van der Waals surface area contributed by atoms with Crippen molar-refractivity contribution in [3.8, 4) is 0 Å². The van der Waals surface area contributed by atoms with Gasteiger partial charge in [-0.25, -0.2) is 17.5 Å². The summed E-state index contributed by atoms with van der Waals surface area (Å²) >= 11 is 0. The summed E-state index contributed by atoms with van der Waals surface area (Å²) in [6.07, 6.45) is 5.92. The normalized spacial score (nSPS) is 20.6. The highest BCUT2D eigenvalue weighted by molar-refractivity contribution is 7.88. The minimum atomic E-state index is -3.11. The first kappa shape index (κ1) is 23.4. The molecule has 0 bridgehead atoms. The topological polar surface area (TPSA) is 91.0 Å². The SMILES string of the molecule is CC(C)CCNC(=O)NCCN(C1CCOCC1)C1CCN(S(C)(=O)=O)CC1. The van der Waals surface area contributed by atoms with E-state index in [1.54, 1.807) is 4.31 Å². The van der Waals surface area contributed by atoms with Gasteiger partial charge < -0.3 is 15.4 Å². The molecule has 164 valence electrons. The van der Waals surface area contributed by atoms with E-state index in [0.29, 0.717) is 44.2 Å². The Morgan fingerprint density at radius 2 is 1.64 bits per heavy atom. The molecule has 0 saturated carbocycles. The summed E-state index contributed by atoms with van der Waals surface area (Å²) in [5.41, 5.74) is 0. The van der Waals surface area contributed by atoms with Crippen molar-refractivity contribution in [2.75, 3.05) is 52.2 Å². The van der Waals surface area contributed by atoms with Crippen molar-refractivity contribution >= 4 is 16.1 Å². The molecule has 2 N–H and O–H groups in total. The highest BCUT2D eigenvalue weighted by Gasteiger charge is 2.32. The number of piperidine rings is 1. The van der Waals surface area contributed by atoms with Crippen LogP contribution in [0.1, 0.15) is 46.0 Å². The number of nitrogens with one attached hydrogen (secondary N) is 2. The van der Waals surface area contributed by atoms with E-state index in [1.165, 1.54) is 6.26 Å². The Morgan fingerprint density at radius 1 is 1.07 bits per heavy atom. The average Bonchev–Trinajstić information content (AvgIpc) is 2.65. The summed E-state index contributed by atoms with van der Waals surface area (Å²) in [5.74, 6) is 0.571. The number of urea groups is 1. The molecule has 9 heteroatoms. The smallest absolute Gasteiger partial charge is 0.314 e. The van der Waals surface area contributed by atoms with Gasteiger partial charge in [0.25, 0.3) is 0 Å². The van der Waals surface area contributed by atoms with Gasteiger partial charge in [0.2, 0.25) is 10.0 Å². The molecule has 0 radical (unpaired) electrons. The first-order chi connectivity index (χ1) is 13.3. The summed E-state index contributed by atoms with van der Waals surface area (Å²) in [5, 5.41) is 5.88. The lowest BCUT2D eigenvalue weighted by Gasteiger charge is -2.43. The maximum atomic E-state index is 12.0. The molecular weight excluding hydrogens is 380 g/mol. The Balaban J connectivity index is 1.84. The van der Waals surface area contributed by atoms with E-state index >= 15 is 0 Å². The number of hydrogen-bond acceptors (Lipinski definition) is 5. The quantitative estimate of drug-likeness (QED) is 0.588. The van der Waals surface area contributed by atoms with Crippen molar-refractivity contribution in [2.24, 2.45) is 5.92 Å². The maximum absolute atomic E-state index is 12.0. The number of nitrogens with zero attached hydrogens (tertiary/aromatic N) is 2. The van der Waals surface area contributed by atoms with E-state index in [4.69, 9.17) is 4.74 Å². The second-order valence-corrected chi connectivity index (χ2v) is 10.3. The van der Waals surface area contributed by atoms with Crippen LogP contribution in [0.15, 0.2) is 0 Å². The third kappa shape index (κ3) is 7.85. The second-order valence-electron chi connectivity index (χ2n) is 8.34. The van der Waals surface area contributed by atoms with Crippen LogP contribution in [0.25, 0.3) is 0 Å². The predicted molar refractivity (Wildman–Crippen MR) is 111 cm³/mol. The largest absolute Gasteiger partial charge is 0.381 e. The van der Waals surface area contributed by atoms with Crippen molar-refractivity contribution in [1.29, 1.82) is 0 Å². The van der Waals surface area contributed by atoms with Crippen LogP contribution in [-0.4, -0.2) is 87.9 Å². The average molecular weight is 419 g/mol.